The van der Waals surface area contributed by atoms with Crippen LogP contribution in [0.15, 0.2) is 42.6 Å². The molecule has 0 bridgehead atoms. The lowest BCUT2D eigenvalue weighted by molar-refractivity contribution is 0.883. The minimum Gasteiger partial charge on any atom is -0.376 e. The first-order valence-corrected chi connectivity index (χ1v) is 6.05. The van der Waals surface area contributed by atoms with Gasteiger partial charge in [0.15, 0.2) is 5.15 Å². The van der Waals surface area contributed by atoms with E-state index in [1.807, 2.05) is 36.4 Å². The summed E-state index contributed by atoms with van der Waals surface area (Å²) in [6.45, 7) is 2.06. The molecule has 1 N–H and O–H groups in total. The number of aromatic nitrogens is 1. The maximum absolute atomic E-state index is 5.99. The van der Waals surface area contributed by atoms with Crippen LogP contribution in [-0.2, 0) is 0 Å². The largest absolute Gasteiger partial charge is 0.376 e. The van der Waals surface area contributed by atoms with Crippen LogP contribution in [0.5, 0.6) is 0 Å². The average Bonchev–Trinajstić information content (AvgIpc) is 2.33. The summed E-state index contributed by atoms with van der Waals surface area (Å²) in [5.41, 5.74) is 1.98. The molecule has 1 aromatic heterocycles. The van der Waals surface area contributed by atoms with Crippen molar-refractivity contribution in [3.63, 3.8) is 0 Å². The Labute approximate surface area is 111 Å². The van der Waals surface area contributed by atoms with E-state index in [-0.39, 0.29) is 6.04 Å². The SMILES string of the molecule is CC(Nc1cccnc1Cl)c1ccc(Cl)cc1. The zero-order valence-electron chi connectivity index (χ0n) is 9.32. The molecule has 1 atom stereocenters. The van der Waals surface area contributed by atoms with Gasteiger partial charge in [0, 0.05) is 17.3 Å². The maximum atomic E-state index is 5.99. The van der Waals surface area contributed by atoms with Gasteiger partial charge in [0.25, 0.3) is 0 Å². The summed E-state index contributed by atoms with van der Waals surface area (Å²) in [5, 5.41) is 4.52. The Morgan fingerprint density at radius 2 is 1.82 bits per heavy atom. The molecule has 0 spiro atoms. The summed E-state index contributed by atoms with van der Waals surface area (Å²) in [5.74, 6) is 0. The number of hydrogen-bond acceptors (Lipinski definition) is 2. The number of hydrogen-bond donors (Lipinski definition) is 1. The number of pyridine rings is 1. The predicted molar refractivity (Wildman–Crippen MR) is 72.7 cm³/mol. The molecule has 0 radical (unpaired) electrons. The summed E-state index contributed by atoms with van der Waals surface area (Å²) >= 11 is 11.8. The van der Waals surface area contributed by atoms with Crippen LogP contribution in [0.2, 0.25) is 10.2 Å². The molecule has 2 nitrogen and oxygen atoms in total. The van der Waals surface area contributed by atoms with E-state index in [0.29, 0.717) is 5.15 Å². The van der Waals surface area contributed by atoms with Gasteiger partial charge in [-0.15, -0.1) is 0 Å². The minimum atomic E-state index is 0.147. The molecule has 0 saturated heterocycles. The molecule has 2 rings (SSSR count). The van der Waals surface area contributed by atoms with Crippen LogP contribution >= 0.6 is 23.2 Å². The average molecular weight is 267 g/mol. The molecule has 17 heavy (non-hydrogen) atoms. The quantitative estimate of drug-likeness (QED) is 0.824. The lowest BCUT2D eigenvalue weighted by Crippen LogP contribution is -2.07. The first-order chi connectivity index (χ1) is 8.16. The molecule has 1 aromatic carbocycles. The van der Waals surface area contributed by atoms with E-state index in [1.54, 1.807) is 6.20 Å². The Morgan fingerprint density at radius 1 is 1.12 bits per heavy atom. The van der Waals surface area contributed by atoms with Crippen molar-refractivity contribution in [1.82, 2.24) is 4.98 Å². The van der Waals surface area contributed by atoms with Crippen LogP contribution < -0.4 is 5.32 Å². The van der Waals surface area contributed by atoms with Crippen LogP contribution in [0.4, 0.5) is 5.69 Å². The fourth-order valence-electron chi connectivity index (χ4n) is 1.56. The highest BCUT2D eigenvalue weighted by molar-refractivity contribution is 6.32. The minimum absolute atomic E-state index is 0.147. The highest BCUT2D eigenvalue weighted by atomic mass is 35.5. The molecule has 88 valence electrons. The molecular weight excluding hydrogens is 255 g/mol. The van der Waals surface area contributed by atoms with Crippen molar-refractivity contribution >= 4 is 28.9 Å². The third-order valence-corrected chi connectivity index (χ3v) is 3.05. The van der Waals surface area contributed by atoms with E-state index in [2.05, 4.69) is 17.2 Å². The summed E-state index contributed by atoms with van der Waals surface area (Å²) in [6, 6.07) is 11.6. The predicted octanol–water partition coefficient (Wildman–Crippen LogP) is 4.56. The van der Waals surface area contributed by atoms with Gasteiger partial charge in [0.05, 0.1) is 5.69 Å². The lowest BCUT2D eigenvalue weighted by Gasteiger charge is -2.16. The first-order valence-electron chi connectivity index (χ1n) is 5.29. The van der Waals surface area contributed by atoms with Crippen molar-refractivity contribution in [3.8, 4) is 0 Å². The second kappa shape index (κ2) is 5.39. The molecule has 0 saturated carbocycles. The summed E-state index contributed by atoms with van der Waals surface area (Å²) < 4.78 is 0. The van der Waals surface area contributed by atoms with E-state index in [1.165, 1.54) is 0 Å². The molecule has 0 fully saturated rings. The van der Waals surface area contributed by atoms with Crippen molar-refractivity contribution in [3.05, 3.63) is 58.3 Å². The molecule has 0 aliphatic carbocycles. The van der Waals surface area contributed by atoms with Crippen LogP contribution in [0.25, 0.3) is 0 Å². The van der Waals surface area contributed by atoms with Gasteiger partial charge in [-0.3, -0.25) is 0 Å². The number of anilines is 1. The third kappa shape index (κ3) is 3.11. The van der Waals surface area contributed by atoms with Gasteiger partial charge in [0.1, 0.15) is 0 Å². The zero-order chi connectivity index (χ0) is 12.3. The standard InChI is InChI=1S/C13H12Cl2N2/c1-9(10-4-6-11(14)7-5-10)17-12-3-2-8-16-13(12)15/h2-9,17H,1H3. The Bertz CT molecular complexity index is 497. The van der Waals surface area contributed by atoms with Gasteiger partial charge in [-0.05, 0) is 36.8 Å². The molecule has 0 aliphatic rings. The van der Waals surface area contributed by atoms with Crippen molar-refractivity contribution in [2.24, 2.45) is 0 Å². The van der Waals surface area contributed by atoms with Gasteiger partial charge in [0.2, 0.25) is 0 Å². The maximum Gasteiger partial charge on any atom is 0.152 e. The number of benzene rings is 1. The Morgan fingerprint density at radius 3 is 2.47 bits per heavy atom. The van der Waals surface area contributed by atoms with E-state index >= 15 is 0 Å². The lowest BCUT2D eigenvalue weighted by atomic mass is 10.1. The molecule has 0 amide bonds. The van der Waals surface area contributed by atoms with Crippen LogP contribution in [-0.4, -0.2) is 4.98 Å². The van der Waals surface area contributed by atoms with Crippen molar-refractivity contribution in [1.29, 1.82) is 0 Å². The van der Waals surface area contributed by atoms with Gasteiger partial charge >= 0.3 is 0 Å². The summed E-state index contributed by atoms with van der Waals surface area (Å²) in [4.78, 5) is 4.02. The summed E-state index contributed by atoms with van der Waals surface area (Å²) in [7, 11) is 0. The van der Waals surface area contributed by atoms with Gasteiger partial charge in [-0.1, -0.05) is 35.3 Å². The van der Waals surface area contributed by atoms with Crippen LogP contribution in [0.3, 0.4) is 0 Å². The molecule has 0 aliphatic heterocycles. The first kappa shape index (κ1) is 12.2. The Balaban J connectivity index is 2.14. The Kier molecular flexibility index (Phi) is 3.87. The van der Waals surface area contributed by atoms with Crippen molar-refractivity contribution in [2.45, 2.75) is 13.0 Å². The number of rotatable bonds is 3. The fourth-order valence-corrected chi connectivity index (χ4v) is 1.86. The Hall–Kier alpha value is -1.25. The normalized spacial score (nSPS) is 12.2. The van der Waals surface area contributed by atoms with E-state index in [4.69, 9.17) is 23.2 Å². The molecule has 4 heteroatoms. The number of nitrogens with one attached hydrogen (secondary N) is 1. The van der Waals surface area contributed by atoms with E-state index < -0.39 is 0 Å². The van der Waals surface area contributed by atoms with E-state index in [0.717, 1.165) is 16.3 Å². The number of halogens is 2. The highest BCUT2D eigenvalue weighted by Gasteiger charge is 2.07. The smallest absolute Gasteiger partial charge is 0.152 e. The van der Waals surface area contributed by atoms with Gasteiger partial charge in [-0.2, -0.15) is 0 Å². The zero-order valence-corrected chi connectivity index (χ0v) is 10.8. The van der Waals surface area contributed by atoms with Crippen molar-refractivity contribution in [2.75, 3.05) is 5.32 Å². The van der Waals surface area contributed by atoms with Crippen LogP contribution in [0.1, 0.15) is 18.5 Å². The van der Waals surface area contributed by atoms with Crippen molar-refractivity contribution < 1.29 is 0 Å². The van der Waals surface area contributed by atoms with Gasteiger partial charge < -0.3 is 5.32 Å². The van der Waals surface area contributed by atoms with Gasteiger partial charge in [-0.25, -0.2) is 4.98 Å². The fraction of sp³-hybridized carbons (Fsp3) is 0.154. The number of nitrogens with zero attached hydrogens (tertiary/aromatic N) is 1. The van der Waals surface area contributed by atoms with E-state index in [9.17, 15) is 0 Å². The third-order valence-electron chi connectivity index (χ3n) is 2.50. The molecular formula is C13H12Cl2N2. The second-order valence-electron chi connectivity index (χ2n) is 3.76. The highest BCUT2D eigenvalue weighted by Crippen LogP contribution is 2.24. The summed E-state index contributed by atoms with van der Waals surface area (Å²) in [6.07, 6.45) is 1.67. The monoisotopic (exact) mass is 266 g/mol. The topological polar surface area (TPSA) is 24.9 Å². The second-order valence-corrected chi connectivity index (χ2v) is 4.55. The molecule has 1 heterocycles. The molecule has 1 unspecified atom stereocenters. The molecule has 2 aromatic rings. The van der Waals surface area contributed by atoms with Crippen LogP contribution in [0, 0.1) is 0 Å².